The van der Waals surface area contributed by atoms with Crippen LogP contribution in [0.3, 0.4) is 0 Å². The number of nitrogens with zero attached hydrogens (tertiary/aromatic N) is 3. The lowest BCUT2D eigenvalue weighted by molar-refractivity contribution is -0.157. The van der Waals surface area contributed by atoms with E-state index in [1.54, 1.807) is 26.0 Å². The molecule has 0 bridgehead atoms. The highest BCUT2D eigenvalue weighted by Gasteiger charge is 2.42. The molecular weight excluding hydrogens is 435 g/mol. The van der Waals surface area contributed by atoms with Gasteiger partial charge in [-0.15, -0.1) is 0 Å². The van der Waals surface area contributed by atoms with E-state index in [1.165, 1.54) is 15.3 Å². The Morgan fingerprint density at radius 2 is 1.90 bits per heavy atom. The second-order valence-electron chi connectivity index (χ2n) is 7.76. The number of carbonyl (C=O) groups excluding carboxylic acids is 2. The van der Waals surface area contributed by atoms with Crippen LogP contribution in [0.5, 0.6) is 0 Å². The fraction of sp³-hybridized carbons (Fsp3) is 0.600. The molecule has 1 atom stereocenters. The SMILES string of the molecule is CCN(CC)S(=O)(=O)c1ccc2c(c1)CCCN2C(=O)C1CC(=O)N(CC(F)(F)F)C1. The third-order valence-electron chi connectivity index (χ3n) is 5.71. The highest BCUT2D eigenvalue weighted by Crippen LogP contribution is 2.33. The molecule has 1 aromatic rings. The third-order valence-corrected chi connectivity index (χ3v) is 7.76. The molecule has 0 spiro atoms. The third kappa shape index (κ3) is 4.87. The zero-order chi connectivity index (χ0) is 23.0. The van der Waals surface area contributed by atoms with Crippen molar-refractivity contribution in [2.75, 3.05) is 37.6 Å². The lowest BCUT2D eigenvalue weighted by atomic mass is 9.99. The first-order valence-electron chi connectivity index (χ1n) is 10.3. The smallest absolute Gasteiger partial charge is 0.333 e. The Labute approximate surface area is 179 Å². The molecule has 7 nitrogen and oxygen atoms in total. The first-order chi connectivity index (χ1) is 14.5. The molecule has 1 saturated heterocycles. The van der Waals surface area contributed by atoms with Crippen molar-refractivity contribution >= 4 is 27.5 Å². The number of fused-ring (bicyclic) bond motifs is 1. The summed E-state index contributed by atoms with van der Waals surface area (Å²) in [4.78, 5) is 27.3. The van der Waals surface area contributed by atoms with E-state index in [1.807, 2.05) is 0 Å². The highest BCUT2D eigenvalue weighted by molar-refractivity contribution is 7.89. The van der Waals surface area contributed by atoms with Crippen LogP contribution >= 0.6 is 0 Å². The van der Waals surface area contributed by atoms with E-state index in [0.717, 1.165) is 0 Å². The quantitative estimate of drug-likeness (QED) is 0.652. The van der Waals surface area contributed by atoms with Gasteiger partial charge in [0.05, 0.1) is 10.8 Å². The van der Waals surface area contributed by atoms with Crippen LogP contribution in [0.2, 0.25) is 0 Å². The summed E-state index contributed by atoms with van der Waals surface area (Å²) in [5, 5.41) is 0. The van der Waals surface area contributed by atoms with E-state index in [9.17, 15) is 31.2 Å². The van der Waals surface area contributed by atoms with Crippen molar-refractivity contribution in [3.8, 4) is 0 Å². The van der Waals surface area contributed by atoms with Crippen molar-refractivity contribution in [3.63, 3.8) is 0 Å². The highest BCUT2D eigenvalue weighted by atomic mass is 32.2. The Hall–Kier alpha value is -2.14. The largest absolute Gasteiger partial charge is 0.406 e. The number of hydrogen-bond donors (Lipinski definition) is 0. The minimum atomic E-state index is -4.52. The number of aryl methyl sites for hydroxylation is 1. The normalized spacial score (nSPS) is 19.8. The number of alkyl halides is 3. The summed E-state index contributed by atoms with van der Waals surface area (Å²) in [6.45, 7) is 2.93. The summed E-state index contributed by atoms with van der Waals surface area (Å²) in [5.74, 6) is -1.94. The number of halogens is 3. The molecule has 3 rings (SSSR count). The lowest BCUT2D eigenvalue weighted by Gasteiger charge is -2.32. The van der Waals surface area contributed by atoms with Crippen molar-refractivity contribution in [1.29, 1.82) is 0 Å². The number of rotatable bonds is 6. The predicted octanol–water partition coefficient (Wildman–Crippen LogP) is 2.41. The molecular formula is C20H26F3N3O4S. The van der Waals surface area contributed by atoms with Crippen molar-refractivity contribution in [3.05, 3.63) is 23.8 Å². The number of amides is 2. The number of likely N-dealkylation sites (tertiary alicyclic amines) is 1. The Morgan fingerprint density at radius 1 is 1.23 bits per heavy atom. The maximum absolute atomic E-state index is 13.0. The molecule has 11 heteroatoms. The van der Waals surface area contributed by atoms with Gasteiger partial charge in [-0.3, -0.25) is 9.59 Å². The molecule has 0 aromatic heterocycles. The fourth-order valence-electron chi connectivity index (χ4n) is 4.20. The topological polar surface area (TPSA) is 78.0 Å². The number of hydrogen-bond acceptors (Lipinski definition) is 4. The van der Waals surface area contributed by atoms with E-state index in [4.69, 9.17) is 0 Å². The Bertz CT molecular complexity index is 961. The molecule has 172 valence electrons. The van der Waals surface area contributed by atoms with Gasteiger partial charge in [0.2, 0.25) is 21.8 Å². The molecule has 1 unspecified atom stereocenters. The monoisotopic (exact) mass is 461 g/mol. The summed E-state index contributed by atoms with van der Waals surface area (Å²) in [6, 6.07) is 4.60. The van der Waals surface area contributed by atoms with E-state index < -0.39 is 40.5 Å². The van der Waals surface area contributed by atoms with Crippen molar-refractivity contribution in [2.45, 2.75) is 44.2 Å². The van der Waals surface area contributed by atoms with Gasteiger partial charge in [-0.1, -0.05) is 13.8 Å². The van der Waals surface area contributed by atoms with Crippen molar-refractivity contribution in [2.24, 2.45) is 5.92 Å². The molecule has 2 aliphatic heterocycles. The van der Waals surface area contributed by atoms with Gasteiger partial charge in [-0.05, 0) is 36.6 Å². The molecule has 2 amide bonds. The molecule has 1 aromatic carbocycles. The van der Waals surface area contributed by atoms with Crippen LogP contribution in [-0.2, 0) is 26.0 Å². The van der Waals surface area contributed by atoms with Crippen LogP contribution in [0.15, 0.2) is 23.1 Å². The summed E-state index contributed by atoms with van der Waals surface area (Å²) >= 11 is 0. The molecule has 2 heterocycles. The Morgan fingerprint density at radius 3 is 2.52 bits per heavy atom. The maximum Gasteiger partial charge on any atom is 0.406 e. The summed E-state index contributed by atoms with van der Waals surface area (Å²) in [5.41, 5.74) is 1.25. The molecule has 0 N–H and O–H groups in total. The zero-order valence-electron chi connectivity index (χ0n) is 17.5. The molecule has 0 aliphatic carbocycles. The molecule has 1 fully saturated rings. The van der Waals surface area contributed by atoms with Crippen LogP contribution in [0.4, 0.5) is 18.9 Å². The van der Waals surface area contributed by atoms with Gasteiger partial charge in [0.1, 0.15) is 6.54 Å². The first-order valence-corrected chi connectivity index (χ1v) is 11.7. The average Bonchev–Trinajstić information content (AvgIpc) is 3.06. The lowest BCUT2D eigenvalue weighted by Crippen LogP contribution is -2.41. The number of carbonyl (C=O) groups is 2. The summed E-state index contributed by atoms with van der Waals surface area (Å²) < 4.78 is 64.9. The second kappa shape index (κ2) is 8.78. The first kappa shape index (κ1) is 23.5. The van der Waals surface area contributed by atoms with Gasteiger partial charge in [0.25, 0.3) is 0 Å². The van der Waals surface area contributed by atoms with Crippen LogP contribution in [-0.4, -0.2) is 68.3 Å². The van der Waals surface area contributed by atoms with Crippen LogP contribution in [0.25, 0.3) is 0 Å². The second-order valence-corrected chi connectivity index (χ2v) is 9.70. The number of anilines is 1. The minimum Gasteiger partial charge on any atom is -0.333 e. The summed E-state index contributed by atoms with van der Waals surface area (Å²) in [7, 11) is -3.65. The predicted molar refractivity (Wildman–Crippen MR) is 108 cm³/mol. The number of benzene rings is 1. The maximum atomic E-state index is 13.0. The Kier molecular flexibility index (Phi) is 6.66. The fourth-order valence-corrected chi connectivity index (χ4v) is 5.71. The van der Waals surface area contributed by atoms with Gasteiger partial charge < -0.3 is 9.80 Å². The minimum absolute atomic E-state index is 0.150. The molecule has 2 aliphatic rings. The van der Waals surface area contributed by atoms with Gasteiger partial charge in [-0.25, -0.2) is 8.42 Å². The number of sulfonamides is 1. The van der Waals surface area contributed by atoms with Crippen molar-refractivity contribution < 1.29 is 31.2 Å². The van der Waals surface area contributed by atoms with E-state index in [-0.39, 0.29) is 17.9 Å². The van der Waals surface area contributed by atoms with Crippen LogP contribution in [0, 0.1) is 5.92 Å². The van der Waals surface area contributed by atoms with Gasteiger partial charge in [0.15, 0.2) is 0 Å². The summed E-state index contributed by atoms with van der Waals surface area (Å²) in [6.07, 6.45) is -3.59. The molecule has 31 heavy (non-hydrogen) atoms. The van der Waals surface area contributed by atoms with Crippen molar-refractivity contribution in [1.82, 2.24) is 9.21 Å². The standard InChI is InChI=1S/C20H26F3N3O4S/c1-3-25(4-2)31(29,30)16-7-8-17-14(10-16)6-5-9-26(17)19(28)15-11-18(27)24(12-15)13-20(21,22)23/h7-8,10,15H,3-6,9,11-13H2,1-2H3. The average molecular weight is 462 g/mol. The Balaban J connectivity index is 1.82. The van der Waals surface area contributed by atoms with Gasteiger partial charge in [-0.2, -0.15) is 17.5 Å². The van der Waals surface area contributed by atoms with Gasteiger partial charge >= 0.3 is 6.18 Å². The van der Waals surface area contributed by atoms with E-state index in [0.29, 0.717) is 48.6 Å². The van der Waals surface area contributed by atoms with E-state index >= 15 is 0 Å². The van der Waals surface area contributed by atoms with Crippen LogP contribution < -0.4 is 4.90 Å². The van der Waals surface area contributed by atoms with Crippen LogP contribution in [0.1, 0.15) is 32.3 Å². The van der Waals surface area contributed by atoms with E-state index in [2.05, 4.69) is 0 Å². The molecule has 0 saturated carbocycles. The van der Waals surface area contributed by atoms with Gasteiger partial charge in [0, 0.05) is 38.3 Å². The molecule has 0 radical (unpaired) electrons. The zero-order valence-corrected chi connectivity index (χ0v) is 18.3.